The summed E-state index contributed by atoms with van der Waals surface area (Å²) in [4.78, 5) is 12.2. The lowest BCUT2D eigenvalue weighted by molar-refractivity contribution is -0.124. The van der Waals surface area contributed by atoms with Gasteiger partial charge in [-0.25, -0.2) is 0 Å². The van der Waals surface area contributed by atoms with E-state index in [1.54, 1.807) is 6.07 Å². The van der Waals surface area contributed by atoms with Crippen LogP contribution in [0.3, 0.4) is 0 Å². The summed E-state index contributed by atoms with van der Waals surface area (Å²) in [5, 5.41) is 3.63. The maximum absolute atomic E-state index is 12.2. The van der Waals surface area contributed by atoms with Crippen molar-refractivity contribution in [2.45, 2.75) is 45.6 Å². The first-order valence-corrected chi connectivity index (χ1v) is 9.49. The minimum absolute atomic E-state index is 0.00729. The predicted molar refractivity (Wildman–Crippen MR) is 95.9 cm³/mol. The second kappa shape index (κ2) is 7.02. The van der Waals surface area contributed by atoms with Gasteiger partial charge in [-0.3, -0.25) is 4.79 Å². The highest BCUT2D eigenvalue weighted by atomic mass is 79.9. The van der Waals surface area contributed by atoms with Crippen molar-refractivity contribution in [2.75, 3.05) is 6.61 Å². The van der Waals surface area contributed by atoms with Crippen molar-refractivity contribution in [1.82, 2.24) is 5.32 Å². The van der Waals surface area contributed by atoms with Gasteiger partial charge in [0.15, 0.2) is 6.61 Å². The van der Waals surface area contributed by atoms with Crippen LogP contribution in [0.4, 0.5) is 0 Å². The zero-order valence-corrected chi connectivity index (χ0v) is 15.9. The third-order valence-electron chi connectivity index (χ3n) is 5.37. The number of carbonyl (C=O) groups excluding carboxylic acids is 1. The lowest BCUT2D eigenvalue weighted by atomic mass is 9.84. The van der Waals surface area contributed by atoms with Crippen molar-refractivity contribution in [3.05, 3.63) is 27.2 Å². The average Bonchev–Trinajstić information content (AvgIpc) is 3.08. The molecule has 5 heteroatoms. The number of nitrogens with one attached hydrogen (secondary N) is 1. The Labute approximate surface area is 151 Å². The Balaban J connectivity index is 1.52. The highest BCUT2D eigenvalue weighted by Gasteiger charge is 2.42. The summed E-state index contributed by atoms with van der Waals surface area (Å²) in [7, 11) is 0. The Bertz CT molecular complexity index is 584. The number of carbonyl (C=O) groups is 1. The number of rotatable bonds is 5. The molecular weight excluding hydrogens is 378 g/mol. The number of hydrogen-bond acceptors (Lipinski definition) is 2. The molecule has 23 heavy (non-hydrogen) atoms. The summed E-state index contributed by atoms with van der Waals surface area (Å²) in [5.74, 6) is 2.84. The highest BCUT2D eigenvalue weighted by molar-refractivity contribution is 9.10. The number of halogens is 2. The number of benzene rings is 1. The van der Waals surface area contributed by atoms with Gasteiger partial charge in [0, 0.05) is 10.5 Å². The molecule has 1 aromatic rings. The summed E-state index contributed by atoms with van der Waals surface area (Å²) >= 11 is 9.58. The van der Waals surface area contributed by atoms with Crippen molar-refractivity contribution in [3.8, 4) is 5.75 Å². The van der Waals surface area contributed by atoms with Gasteiger partial charge in [0.2, 0.25) is 0 Å². The third-order valence-corrected chi connectivity index (χ3v) is 6.10. The summed E-state index contributed by atoms with van der Waals surface area (Å²) in [6.45, 7) is 4.05. The van der Waals surface area contributed by atoms with Crippen LogP contribution in [0, 0.1) is 24.7 Å². The molecule has 0 unspecified atom stereocenters. The fraction of sp³-hybridized carbons (Fsp3) is 0.611. The molecule has 0 radical (unpaired) electrons. The predicted octanol–water partition coefficient (Wildman–Crippen LogP) is 4.73. The van der Waals surface area contributed by atoms with Crippen LogP contribution in [0.2, 0.25) is 5.02 Å². The van der Waals surface area contributed by atoms with Crippen LogP contribution in [-0.2, 0) is 4.79 Å². The monoisotopic (exact) mass is 399 g/mol. The summed E-state index contributed by atoms with van der Waals surface area (Å²) < 4.78 is 6.55. The molecule has 0 heterocycles. The van der Waals surface area contributed by atoms with Crippen LogP contribution in [0.25, 0.3) is 0 Å². The van der Waals surface area contributed by atoms with Gasteiger partial charge in [-0.05, 0) is 68.6 Å². The molecule has 3 nitrogen and oxygen atoms in total. The first-order chi connectivity index (χ1) is 10.9. The van der Waals surface area contributed by atoms with Gasteiger partial charge in [0.25, 0.3) is 5.91 Å². The minimum Gasteiger partial charge on any atom is -0.482 e. The molecule has 4 atom stereocenters. The van der Waals surface area contributed by atoms with E-state index in [2.05, 4.69) is 28.2 Å². The largest absolute Gasteiger partial charge is 0.482 e. The van der Waals surface area contributed by atoms with Gasteiger partial charge in [0.1, 0.15) is 5.75 Å². The SMILES string of the molecule is Cc1cc(Br)cc(Cl)c1OCC(=O)N[C@@H](C)[C@H]1C[C@@H]2CC[C@H]1C2. The van der Waals surface area contributed by atoms with Crippen LogP contribution in [0.5, 0.6) is 5.75 Å². The molecule has 1 amide bonds. The molecular formula is C18H23BrClNO2. The van der Waals surface area contributed by atoms with Gasteiger partial charge in [0.05, 0.1) is 5.02 Å². The highest BCUT2D eigenvalue weighted by Crippen LogP contribution is 2.49. The lowest BCUT2D eigenvalue weighted by Crippen LogP contribution is -2.42. The second-order valence-electron chi connectivity index (χ2n) is 7.02. The van der Waals surface area contributed by atoms with E-state index in [1.165, 1.54) is 25.7 Å². The molecule has 2 aliphatic rings. The van der Waals surface area contributed by atoms with Crippen molar-refractivity contribution < 1.29 is 9.53 Å². The Morgan fingerprint density at radius 3 is 2.83 bits per heavy atom. The lowest BCUT2D eigenvalue weighted by Gasteiger charge is -2.28. The number of amides is 1. The molecule has 1 aromatic carbocycles. The van der Waals surface area contributed by atoms with Crippen molar-refractivity contribution in [3.63, 3.8) is 0 Å². The molecule has 1 N–H and O–H groups in total. The average molecular weight is 401 g/mol. The quantitative estimate of drug-likeness (QED) is 0.776. The maximum atomic E-state index is 12.2. The maximum Gasteiger partial charge on any atom is 0.258 e. The van der Waals surface area contributed by atoms with Gasteiger partial charge in [-0.2, -0.15) is 0 Å². The van der Waals surface area contributed by atoms with Crippen LogP contribution in [0.15, 0.2) is 16.6 Å². The molecule has 2 fully saturated rings. The number of hydrogen-bond donors (Lipinski definition) is 1. The van der Waals surface area contributed by atoms with E-state index >= 15 is 0 Å². The standard InChI is InChI=1S/C18H23BrClNO2/c1-10-5-14(19)8-16(20)18(10)23-9-17(22)21-11(2)15-7-12-3-4-13(15)6-12/h5,8,11-13,15H,3-4,6-7,9H2,1-2H3,(H,21,22)/t11-,12+,13-,15+/m0/s1. The van der Waals surface area contributed by atoms with Crippen molar-refractivity contribution in [1.29, 1.82) is 0 Å². The molecule has 0 aromatic heterocycles. The van der Waals surface area contributed by atoms with Gasteiger partial charge >= 0.3 is 0 Å². The normalized spacial score (nSPS) is 27.0. The fourth-order valence-electron chi connectivity index (χ4n) is 4.32. The fourth-order valence-corrected chi connectivity index (χ4v) is 5.34. The smallest absolute Gasteiger partial charge is 0.258 e. The number of fused-ring (bicyclic) bond motifs is 2. The topological polar surface area (TPSA) is 38.3 Å². The first-order valence-electron chi connectivity index (χ1n) is 8.32. The minimum atomic E-state index is -0.0707. The zero-order chi connectivity index (χ0) is 16.6. The Kier molecular flexibility index (Phi) is 5.22. The Morgan fingerprint density at radius 1 is 1.43 bits per heavy atom. The van der Waals surface area contributed by atoms with Crippen LogP contribution in [0.1, 0.15) is 38.2 Å². The molecule has 0 spiro atoms. The van der Waals surface area contributed by atoms with Crippen molar-refractivity contribution >= 4 is 33.4 Å². The molecule has 2 bridgehead atoms. The van der Waals surface area contributed by atoms with Crippen LogP contribution >= 0.6 is 27.5 Å². The van der Waals surface area contributed by atoms with Gasteiger partial charge < -0.3 is 10.1 Å². The van der Waals surface area contributed by atoms with E-state index in [1.807, 2.05) is 13.0 Å². The van der Waals surface area contributed by atoms with Gasteiger partial charge in [-0.15, -0.1) is 0 Å². The van der Waals surface area contributed by atoms with E-state index in [0.717, 1.165) is 21.9 Å². The Morgan fingerprint density at radius 2 is 2.22 bits per heavy atom. The molecule has 3 rings (SSSR count). The van der Waals surface area contributed by atoms with E-state index in [-0.39, 0.29) is 18.6 Å². The summed E-state index contributed by atoms with van der Waals surface area (Å²) in [5.41, 5.74) is 0.915. The van der Waals surface area contributed by atoms with Crippen LogP contribution < -0.4 is 10.1 Å². The molecule has 126 valence electrons. The Hall–Kier alpha value is -0.740. The molecule has 0 saturated heterocycles. The van der Waals surface area contributed by atoms with E-state index in [0.29, 0.717) is 16.7 Å². The van der Waals surface area contributed by atoms with Crippen molar-refractivity contribution in [2.24, 2.45) is 17.8 Å². The van der Waals surface area contributed by atoms with E-state index in [4.69, 9.17) is 16.3 Å². The van der Waals surface area contributed by atoms with Gasteiger partial charge in [-0.1, -0.05) is 34.0 Å². The van der Waals surface area contributed by atoms with E-state index < -0.39 is 0 Å². The van der Waals surface area contributed by atoms with Crippen LogP contribution in [-0.4, -0.2) is 18.6 Å². The van der Waals surface area contributed by atoms with E-state index in [9.17, 15) is 4.79 Å². The number of ether oxygens (including phenoxy) is 1. The summed E-state index contributed by atoms with van der Waals surface area (Å²) in [6.07, 6.45) is 5.34. The molecule has 2 aliphatic carbocycles. The molecule has 0 aliphatic heterocycles. The third kappa shape index (κ3) is 3.85. The summed E-state index contributed by atoms with van der Waals surface area (Å²) in [6, 6.07) is 3.93. The molecule has 2 saturated carbocycles. The number of aryl methyl sites for hydroxylation is 1. The zero-order valence-electron chi connectivity index (χ0n) is 13.6. The first kappa shape index (κ1) is 17.1. The second-order valence-corrected chi connectivity index (χ2v) is 8.34.